The Labute approximate surface area is 115 Å². The smallest absolute Gasteiger partial charge is 0.321 e. The Morgan fingerprint density at radius 3 is 2.40 bits per heavy atom. The van der Waals surface area contributed by atoms with Crippen LogP contribution in [0, 0.1) is 24.0 Å². The summed E-state index contributed by atoms with van der Waals surface area (Å²) in [6.45, 7) is 4.18. The van der Waals surface area contributed by atoms with Crippen LogP contribution in [0.25, 0.3) is 0 Å². The van der Waals surface area contributed by atoms with Crippen molar-refractivity contribution in [3.8, 4) is 0 Å². The van der Waals surface area contributed by atoms with E-state index in [-0.39, 0.29) is 5.56 Å². The molecule has 8 nitrogen and oxygen atoms in total. The van der Waals surface area contributed by atoms with Crippen LogP contribution in [0.15, 0.2) is 17.0 Å². The van der Waals surface area contributed by atoms with Crippen molar-refractivity contribution in [3.63, 3.8) is 0 Å². The van der Waals surface area contributed by atoms with Crippen molar-refractivity contribution in [2.75, 3.05) is 0 Å². The molecule has 9 heteroatoms. The highest BCUT2D eigenvalue weighted by molar-refractivity contribution is 7.89. The zero-order valence-electron chi connectivity index (χ0n) is 11.1. The van der Waals surface area contributed by atoms with Gasteiger partial charge >= 0.3 is 5.97 Å². The standard InChI is InChI=1S/C11H14N2O6S/c1-6-4-5-9(13(16)17)10(7(6)2)20(18,19)12-8(3)11(14)15/h4-5,8,12H,1-3H3,(H,14,15). The summed E-state index contributed by atoms with van der Waals surface area (Å²) in [7, 11) is -4.31. The maximum atomic E-state index is 12.2. The van der Waals surface area contributed by atoms with Crippen LogP contribution in [0.2, 0.25) is 0 Å². The predicted octanol–water partition coefficient (Wildman–Crippen LogP) is 0.963. The zero-order chi connectivity index (χ0) is 15.7. The number of benzene rings is 1. The predicted molar refractivity (Wildman–Crippen MR) is 70.0 cm³/mol. The first kappa shape index (κ1) is 16.1. The molecule has 0 aromatic heterocycles. The lowest BCUT2D eigenvalue weighted by atomic mass is 10.1. The van der Waals surface area contributed by atoms with Gasteiger partial charge in [-0.05, 0) is 31.9 Å². The van der Waals surface area contributed by atoms with Crippen LogP contribution in [-0.2, 0) is 14.8 Å². The van der Waals surface area contributed by atoms with E-state index in [4.69, 9.17) is 5.11 Å². The molecule has 0 saturated heterocycles. The fourth-order valence-electron chi connectivity index (χ4n) is 1.60. The van der Waals surface area contributed by atoms with Crippen LogP contribution in [0.3, 0.4) is 0 Å². The average molecular weight is 302 g/mol. The van der Waals surface area contributed by atoms with Gasteiger partial charge in [0.05, 0.1) is 4.92 Å². The number of nitrogens with zero attached hydrogens (tertiary/aromatic N) is 1. The highest BCUT2D eigenvalue weighted by Crippen LogP contribution is 2.29. The second-order valence-electron chi connectivity index (χ2n) is 4.29. The first-order valence-electron chi connectivity index (χ1n) is 5.57. The largest absolute Gasteiger partial charge is 0.480 e. The molecule has 110 valence electrons. The number of hydrogen-bond acceptors (Lipinski definition) is 5. The first-order valence-corrected chi connectivity index (χ1v) is 7.06. The number of aliphatic carboxylic acids is 1. The molecular formula is C11H14N2O6S. The number of hydrogen-bond donors (Lipinski definition) is 2. The lowest BCUT2D eigenvalue weighted by Crippen LogP contribution is -2.38. The third-order valence-corrected chi connectivity index (χ3v) is 4.54. The zero-order valence-corrected chi connectivity index (χ0v) is 11.9. The maximum absolute atomic E-state index is 12.2. The van der Waals surface area contributed by atoms with Crippen molar-refractivity contribution in [3.05, 3.63) is 33.4 Å². The molecule has 0 bridgehead atoms. The number of nitro benzene ring substituents is 1. The molecule has 0 radical (unpaired) electrons. The fraction of sp³-hybridized carbons (Fsp3) is 0.364. The van der Waals surface area contributed by atoms with Gasteiger partial charge in [-0.15, -0.1) is 0 Å². The number of carboxylic acids is 1. The van der Waals surface area contributed by atoms with Gasteiger partial charge in [-0.25, -0.2) is 8.42 Å². The van der Waals surface area contributed by atoms with E-state index >= 15 is 0 Å². The van der Waals surface area contributed by atoms with E-state index in [1.165, 1.54) is 13.0 Å². The summed E-state index contributed by atoms with van der Waals surface area (Å²) in [6, 6.07) is 1.13. The molecule has 1 aromatic carbocycles. The molecule has 0 aliphatic carbocycles. The molecule has 0 saturated carbocycles. The normalized spacial score (nSPS) is 12.9. The lowest BCUT2D eigenvalue weighted by molar-refractivity contribution is -0.387. The number of nitro groups is 1. The minimum absolute atomic E-state index is 0.212. The van der Waals surface area contributed by atoms with Gasteiger partial charge in [0.25, 0.3) is 5.69 Å². The molecule has 2 N–H and O–H groups in total. The Morgan fingerprint density at radius 2 is 1.95 bits per heavy atom. The quantitative estimate of drug-likeness (QED) is 0.616. The molecule has 0 aliphatic rings. The van der Waals surface area contributed by atoms with Crippen LogP contribution in [0.4, 0.5) is 5.69 Å². The molecule has 1 atom stereocenters. The van der Waals surface area contributed by atoms with Gasteiger partial charge in [0, 0.05) is 6.07 Å². The molecule has 0 spiro atoms. The van der Waals surface area contributed by atoms with Crippen LogP contribution < -0.4 is 4.72 Å². The van der Waals surface area contributed by atoms with Gasteiger partial charge < -0.3 is 5.11 Å². The number of nitrogens with one attached hydrogen (secondary N) is 1. The molecule has 0 heterocycles. The summed E-state index contributed by atoms with van der Waals surface area (Å²) in [4.78, 5) is 20.3. The van der Waals surface area contributed by atoms with Crippen molar-refractivity contribution in [2.45, 2.75) is 31.7 Å². The molecule has 1 rings (SSSR count). The molecule has 20 heavy (non-hydrogen) atoms. The summed E-state index contributed by atoms with van der Waals surface area (Å²) in [5, 5.41) is 19.7. The number of sulfonamides is 1. The molecule has 0 fully saturated rings. The second-order valence-corrected chi connectivity index (χ2v) is 5.94. The van der Waals surface area contributed by atoms with Gasteiger partial charge in [0.1, 0.15) is 6.04 Å². The van der Waals surface area contributed by atoms with Crippen molar-refractivity contribution >= 4 is 21.7 Å². The molecule has 1 aromatic rings. The maximum Gasteiger partial charge on any atom is 0.321 e. The van der Waals surface area contributed by atoms with Crippen LogP contribution in [0.5, 0.6) is 0 Å². The van der Waals surface area contributed by atoms with Crippen molar-refractivity contribution in [1.29, 1.82) is 0 Å². The number of carbonyl (C=O) groups is 1. The number of rotatable bonds is 5. The van der Waals surface area contributed by atoms with Crippen LogP contribution >= 0.6 is 0 Å². The van der Waals surface area contributed by atoms with Gasteiger partial charge in [-0.3, -0.25) is 14.9 Å². The van der Waals surface area contributed by atoms with Crippen molar-refractivity contribution in [2.24, 2.45) is 0 Å². The minimum Gasteiger partial charge on any atom is -0.480 e. The summed E-state index contributed by atoms with van der Waals surface area (Å²) in [6.07, 6.45) is 0. The summed E-state index contributed by atoms with van der Waals surface area (Å²) < 4.78 is 26.2. The van der Waals surface area contributed by atoms with E-state index < -0.39 is 37.5 Å². The van der Waals surface area contributed by atoms with Gasteiger partial charge in [0.15, 0.2) is 4.90 Å². The molecule has 1 unspecified atom stereocenters. The van der Waals surface area contributed by atoms with Crippen LogP contribution in [-0.4, -0.2) is 30.5 Å². The number of carboxylic acid groups (broad SMARTS) is 1. The summed E-state index contributed by atoms with van der Waals surface area (Å²) in [5.74, 6) is -1.37. The second kappa shape index (κ2) is 5.55. The third kappa shape index (κ3) is 3.11. The molecule has 0 aliphatic heterocycles. The Hall–Kier alpha value is -2.00. The van der Waals surface area contributed by atoms with Crippen molar-refractivity contribution in [1.82, 2.24) is 4.72 Å². The third-order valence-electron chi connectivity index (χ3n) is 2.82. The van der Waals surface area contributed by atoms with Crippen molar-refractivity contribution < 1.29 is 23.2 Å². The van der Waals surface area contributed by atoms with E-state index in [2.05, 4.69) is 0 Å². The monoisotopic (exact) mass is 302 g/mol. The van der Waals surface area contributed by atoms with E-state index in [0.717, 1.165) is 13.0 Å². The highest BCUT2D eigenvalue weighted by Gasteiger charge is 2.31. The molecule has 0 amide bonds. The average Bonchev–Trinajstić information content (AvgIpc) is 2.30. The molecular weight excluding hydrogens is 288 g/mol. The summed E-state index contributed by atoms with van der Waals surface area (Å²) in [5.41, 5.74) is 0.182. The Kier molecular flexibility index (Phi) is 4.46. The van der Waals surface area contributed by atoms with Crippen LogP contribution in [0.1, 0.15) is 18.1 Å². The SMILES string of the molecule is Cc1ccc([N+](=O)[O-])c(S(=O)(=O)NC(C)C(=O)O)c1C. The minimum atomic E-state index is -4.31. The van der Waals surface area contributed by atoms with Gasteiger partial charge in [-0.1, -0.05) is 6.07 Å². The van der Waals surface area contributed by atoms with Gasteiger partial charge in [0.2, 0.25) is 10.0 Å². The first-order chi connectivity index (χ1) is 9.08. The Bertz CT molecular complexity index is 668. The van der Waals surface area contributed by atoms with E-state index in [9.17, 15) is 23.3 Å². The fourth-order valence-corrected chi connectivity index (χ4v) is 3.27. The number of aryl methyl sites for hydroxylation is 1. The van der Waals surface area contributed by atoms with E-state index in [0.29, 0.717) is 5.56 Å². The highest BCUT2D eigenvalue weighted by atomic mass is 32.2. The Balaban J connectivity index is 3.48. The lowest BCUT2D eigenvalue weighted by Gasteiger charge is -2.13. The van der Waals surface area contributed by atoms with Gasteiger partial charge in [-0.2, -0.15) is 4.72 Å². The van der Waals surface area contributed by atoms with E-state index in [1.807, 2.05) is 4.72 Å². The van der Waals surface area contributed by atoms with E-state index in [1.54, 1.807) is 6.92 Å². The summed E-state index contributed by atoms with van der Waals surface area (Å²) >= 11 is 0. The Morgan fingerprint density at radius 1 is 1.40 bits per heavy atom. The topological polar surface area (TPSA) is 127 Å².